The van der Waals surface area contributed by atoms with Crippen LogP contribution >= 0.6 is 0 Å². The second kappa shape index (κ2) is 6.14. The molecule has 2 aromatic heterocycles. The minimum absolute atomic E-state index is 0.0412. The van der Waals surface area contributed by atoms with E-state index >= 15 is 0 Å². The van der Waals surface area contributed by atoms with Gasteiger partial charge in [0.05, 0.1) is 11.8 Å². The van der Waals surface area contributed by atoms with Crippen molar-refractivity contribution in [3.8, 4) is 0 Å². The van der Waals surface area contributed by atoms with E-state index in [1.807, 2.05) is 0 Å². The van der Waals surface area contributed by atoms with Gasteiger partial charge in [-0.3, -0.25) is 0 Å². The van der Waals surface area contributed by atoms with Gasteiger partial charge in [-0.1, -0.05) is 11.2 Å². The number of aromatic nitrogens is 4. The first kappa shape index (κ1) is 15.7. The van der Waals surface area contributed by atoms with Gasteiger partial charge in [0.25, 0.3) is 0 Å². The number of hydrogen-bond acceptors (Lipinski definition) is 7. The van der Waals surface area contributed by atoms with Gasteiger partial charge in [-0.05, 0) is 25.1 Å². The van der Waals surface area contributed by atoms with E-state index in [9.17, 15) is 13.2 Å². The highest BCUT2D eigenvalue weighted by Gasteiger charge is 2.30. The first-order valence-electron chi connectivity index (χ1n) is 6.74. The molecule has 2 heterocycles. The Hall–Kier alpha value is -3.17. The van der Waals surface area contributed by atoms with Gasteiger partial charge in [0.15, 0.2) is 11.6 Å². The number of aryl methyl sites for hydroxylation is 1. The fraction of sp³-hybridized carbons (Fsp3) is 0.143. The number of alkyl halides is 3. The normalized spacial score (nSPS) is 11.3. The average Bonchev–Trinajstić information content (AvgIpc) is 2.92. The zero-order valence-electron chi connectivity index (χ0n) is 12.3. The van der Waals surface area contributed by atoms with Crippen molar-refractivity contribution < 1.29 is 17.7 Å². The molecule has 0 saturated carbocycles. The van der Waals surface area contributed by atoms with Crippen molar-refractivity contribution in [2.45, 2.75) is 13.1 Å². The Balaban J connectivity index is 1.77. The molecule has 0 aliphatic rings. The van der Waals surface area contributed by atoms with Gasteiger partial charge >= 0.3 is 6.18 Å². The monoisotopic (exact) mass is 336 g/mol. The van der Waals surface area contributed by atoms with Gasteiger partial charge in [0.1, 0.15) is 5.76 Å². The summed E-state index contributed by atoms with van der Waals surface area (Å²) in [6, 6.07) is 6.36. The number of hydrogen-bond donors (Lipinski definition) is 2. The fourth-order valence-corrected chi connectivity index (χ4v) is 1.88. The first-order valence-corrected chi connectivity index (χ1v) is 6.74. The molecule has 0 unspecified atom stereocenters. The highest BCUT2D eigenvalue weighted by molar-refractivity contribution is 5.57. The van der Waals surface area contributed by atoms with Gasteiger partial charge in [-0.2, -0.15) is 23.3 Å². The molecule has 0 aliphatic heterocycles. The van der Waals surface area contributed by atoms with Gasteiger partial charge in [0, 0.05) is 11.8 Å². The number of benzene rings is 1. The average molecular weight is 336 g/mol. The lowest BCUT2D eigenvalue weighted by molar-refractivity contribution is -0.137. The molecule has 7 nitrogen and oxygen atoms in total. The molecule has 10 heteroatoms. The van der Waals surface area contributed by atoms with E-state index in [1.54, 1.807) is 13.0 Å². The maximum atomic E-state index is 12.7. The molecular formula is C14H11F3N6O. The van der Waals surface area contributed by atoms with Crippen LogP contribution in [0.3, 0.4) is 0 Å². The lowest BCUT2D eigenvalue weighted by atomic mass is 10.2. The molecule has 3 aromatic rings. The fourth-order valence-electron chi connectivity index (χ4n) is 1.88. The highest BCUT2D eigenvalue weighted by atomic mass is 19.4. The van der Waals surface area contributed by atoms with E-state index < -0.39 is 11.7 Å². The quantitative estimate of drug-likeness (QED) is 0.751. The summed E-state index contributed by atoms with van der Waals surface area (Å²) in [7, 11) is 0. The minimum Gasteiger partial charge on any atom is -0.360 e. The molecule has 0 radical (unpaired) electrons. The highest BCUT2D eigenvalue weighted by Crippen LogP contribution is 2.31. The number of nitrogens with one attached hydrogen (secondary N) is 2. The van der Waals surface area contributed by atoms with Crippen molar-refractivity contribution in [3.05, 3.63) is 47.9 Å². The summed E-state index contributed by atoms with van der Waals surface area (Å²) in [6.45, 7) is 1.73. The predicted molar refractivity (Wildman–Crippen MR) is 79.1 cm³/mol. The predicted octanol–water partition coefficient (Wildman–Crippen LogP) is 3.67. The van der Waals surface area contributed by atoms with Crippen LogP contribution in [0.25, 0.3) is 0 Å². The summed E-state index contributed by atoms with van der Waals surface area (Å²) in [5, 5.41) is 16.7. The molecule has 124 valence electrons. The zero-order chi connectivity index (χ0) is 17.2. The van der Waals surface area contributed by atoms with E-state index in [1.165, 1.54) is 18.3 Å². The zero-order valence-corrected chi connectivity index (χ0v) is 12.3. The Labute approximate surface area is 133 Å². The first-order chi connectivity index (χ1) is 11.4. The van der Waals surface area contributed by atoms with E-state index in [2.05, 4.69) is 31.0 Å². The molecule has 0 amide bonds. The van der Waals surface area contributed by atoms with Crippen LogP contribution in [0.1, 0.15) is 11.3 Å². The van der Waals surface area contributed by atoms with Crippen LogP contribution in [0.15, 0.2) is 41.1 Å². The van der Waals surface area contributed by atoms with E-state index in [0.29, 0.717) is 17.4 Å². The molecule has 0 aliphatic carbocycles. The summed E-state index contributed by atoms with van der Waals surface area (Å²) < 4.78 is 43.1. The van der Waals surface area contributed by atoms with Gasteiger partial charge in [0.2, 0.25) is 5.95 Å². The summed E-state index contributed by atoms with van der Waals surface area (Å²) in [6.07, 6.45) is -3.08. The van der Waals surface area contributed by atoms with Crippen molar-refractivity contribution in [3.63, 3.8) is 0 Å². The third kappa shape index (κ3) is 3.77. The van der Waals surface area contributed by atoms with Crippen molar-refractivity contribution in [2.24, 2.45) is 0 Å². The van der Waals surface area contributed by atoms with Gasteiger partial charge in [-0.25, -0.2) is 0 Å². The van der Waals surface area contributed by atoms with Gasteiger partial charge in [-0.15, -0.1) is 5.10 Å². The second-order valence-electron chi connectivity index (χ2n) is 4.82. The van der Waals surface area contributed by atoms with Crippen LogP contribution in [0, 0.1) is 6.92 Å². The SMILES string of the molecule is Cc1cc(Nc2cnnc(Nc3cccc(C(F)(F)F)c3)n2)no1. The lowest BCUT2D eigenvalue weighted by Gasteiger charge is -2.09. The number of nitrogens with zero attached hydrogens (tertiary/aromatic N) is 4. The van der Waals surface area contributed by atoms with Crippen molar-refractivity contribution in [1.29, 1.82) is 0 Å². The summed E-state index contributed by atoms with van der Waals surface area (Å²) in [5.74, 6) is 1.40. The Morgan fingerprint density at radius 1 is 1.08 bits per heavy atom. The van der Waals surface area contributed by atoms with Crippen molar-refractivity contribution in [1.82, 2.24) is 20.3 Å². The van der Waals surface area contributed by atoms with Crippen LogP contribution in [0.2, 0.25) is 0 Å². The molecule has 0 bridgehead atoms. The smallest absolute Gasteiger partial charge is 0.360 e. The third-order valence-corrected chi connectivity index (χ3v) is 2.89. The molecule has 3 rings (SSSR count). The summed E-state index contributed by atoms with van der Waals surface area (Å²) in [4.78, 5) is 4.11. The lowest BCUT2D eigenvalue weighted by Crippen LogP contribution is -2.06. The Morgan fingerprint density at radius 3 is 2.62 bits per heavy atom. The number of halogens is 3. The van der Waals surface area contributed by atoms with Crippen molar-refractivity contribution in [2.75, 3.05) is 10.6 Å². The second-order valence-corrected chi connectivity index (χ2v) is 4.82. The standard InChI is InChI=1S/C14H11F3N6O/c1-8-5-11(23-24-8)20-12-7-18-22-13(21-12)19-10-4-2-3-9(6-10)14(15,16)17/h2-7H,1H3,(H2,19,20,21,22,23). The van der Waals surface area contributed by atoms with Crippen molar-refractivity contribution >= 4 is 23.3 Å². The van der Waals surface area contributed by atoms with E-state index in [0.717, 1.165) is 12.1 Å². The van der Waals surface area contributed by atoms with Gasteiger partial charge < -0.3 is 15.2 Å². The topological polar surface area (TPSA) is 88.8 Å². The molecular weight excluding hydrogens is 325 g/mol. The van der Waals surface area contributed by atoms with E-state index in [4.69, 9.17) is 4.52 Å². The van der Waals surface area contributed by atoms with Crippen LogP contribution in [0.4, 0.5) is 36.4 Å². The maximum absolute atomic E-state index is 12.7. The van der Waals surface area contributed by atoms with E-state index in [-0.39, 0.29) is 11.6 Å². The Kier molecular flexibility index (Phi) is 4.02. The van der Waals surface area contributed by atoms with Crippen LogP contribution < -0.4 is 10.6 Å². The van der Waals surface area contributed by atoms with Crippen LogP contribution in [-0.2, 0) is 6.18 Å². The molecule has 0 saturated heterocycles. The molecule has 0 fully saturated rings. The molecule has 24 heavy (non-hydrogen) atoms. The molecule has 1 aromatic carbocycles. The minimum atomic E-state index is -4.43. The Morgan fingerprint density at radius 2 is 1.92 bits per heavy atom. The maximum Gasteiger partial charge on any atom is 0.416 e. The number of rotatable bonds is 4. The third-order valence-electron chi connectivity index (χ3n) is 2.89. The molecule has 0 spiro atoms. The summed E-state index contributed by atoms with van der Waals surface area (Å²) in [5.41, 5.74) is -0.575. The largest absolute Gasteiger partial charge is 0.416 e. The molecule has 2 N–H and O–H groups in total. The molecule has 0 atom stereocenters. The summed E-state index contributed by atoms with van der Waals surface area (Å²) >= 11 is 0. The number of anilines is 4. The Bertz CT molecular complexity index is 848. The van der Waals surface area contributed by atoms with Crippen LogP contribution in [0.5, 0.6) is 0 Å². The van der Waals surface area contributed by atoms with Crippen LogP contribution in [-0.4, -0.2) is 20.3 Å².